The van der Waals surface area contributed by atoms with Gasteiger partial charge in [-0.2, -0.15) is 0 Å². The fraction of sp³-hybridized carbons (Fsp3) is 0.370. The Balaban J connectivity index is 0.923. The molecule has 69 heavy (non-hydrogen) atoms. The Morgan fingerprint density at radius 2 is 1.54 bits per heavy atom. The normalized spacial score (nSPS) is 19.7. The Hall–Kier alpha value is -6.62. The topological polar surface area (TPSA) is 180 Å². The first kappa shape index (κ1) is 44.9. The number of nitrogens with two attached hydrogens (primary N) is 1. The van der Waals surface area contributed by atoms with E-state index >= 15 is 0 Å². The summed E-state index contributed by atoms with van der Waals surface area (Å²) in [6.07, 6.45) is 12.0. The molecule has 1 amide bonds. The molecule has 0 saturated carbocycles. The number of aliphatic hydroxyl groups is 1. The van der Waals surface area contributed by atoms with Crippen LogP contribution in [0, 0.1) is 11.8 Å². The van der Waals surface area contributed by atoms with Gasteiger partial charge in [-0.05, 0) is 91.6 Å². The Labute approximate surface area is 401 Å². The molecule has 0 spiro atoms. The number of ether oxygens (including phenoxy) is 2. The second-order valence-electron chi connectivity index (χ2n) is 19.7. The minimum atomic E-state index is -1.01. The third kappa shape index (κ3) is 8.41. The van der Waals surface area contributed by atoms with Crippen LogP contribution in [0.3, 0.4) is 0 Å². The molecule has 0 bridgehead atoms. The summed E-state index contributed by atoms with van der Waals surface area (Å²) in [5.74, 6) is 2.82. The number of aromatic nitrogens is 7. The van der Waals surface area contributed by atoms with Gasteiger partial charge in [0.25, 0.3) is 0 Å². The average Bonchev–Trinajstić information content (AvgIpc) is 4.23. The maximum Gasteiger partial charge on any atom is 0.240 e. The average molecular weight is 928 g/mol. The zero-order chi connectivity index (χ0) is 47.5. The van der Waals surface area contributed by atoms with Crippen molar-refractivity contribution in [1.82, 2.24) is 49.0 Å². The summed E-state index contributed by atoms with van der Waals surface area (Å²) in [7, 11) is 1.50. The number of aromatic amines is 2. The lowest BCUT2D eigenvalue weighted by Crippen LogP contribution is -2.48. The van der Waals surface area contributed by atoms with Crippen LogP contribution < -0.4 is 15.8 Å². The van der Waals surface area contributed by atoms with E-state index in [1.54, 1.807) is 0 Å². The van der Waals surface area contributed by atoms with Gasteiger partial charge in [-0.25, -0.2) is 15.0 Å². The monoisotopic (exact) mass is 927 g/mol. The molecule has 8 heterocycles. The molecule has 3 aliphatic rings. The summed E-state index contributed by atoms with van der Waals surface area (Å²) in [6, 6.07) is 27.6. The molecule has 6 unspecified atom stereocenters. The van der Waals surface area contributed by atoms with E-state index < -0.39 is 18.7 Å². The number of carbonyl (C=O) groups is 1. The molecule has 6 N–H and O–H groups in total. The number of H-pyrrole nitrogens is 2. The number of nitrogens with zero attached hydrogens (tertiary/aromatic N) is 7. The number of hydrogen-bond donors (Lipinski definition) is 5. The van der Waals surface area contributed by atoms with Crippen LogP contribution in [0.25, 0.3) is 61.3 Å². The number of benzene rings is 3. The van der Waals surface area contributed by atoms with Crippen molar-refractivity contribution in [3.05, 3.63) is 127 Å². The van der Waals surface area contributed by atoms with Crippen LogP contribution in [-0.2, 0) is 9.53 Å². The summed E-state index contributed by atoms with van der Waals surface area (Å²) in [4.78, 5) is 39.1. The van der Waals surface area contributed by atoms with Gasteiger partial charge < -0.3 is 44.1 Å². The lowest BCUT2D eigenvalue weighted by Gasteiger charge is -2.31. The smallest absolute Gasteiger partial charge is 0.240 e. The summed E-state index contributed by atoms with van der Waals surface area (Å²) >= 11 is 0. The minimum absolute atomic E-state index is 0.0242. The number of carbonyl (C=O) groups excluding carboxylic acids is 1. The van der Waals surface area contributed by atoms with Crippen LogP contribution in [0.5, 0.6) is 5.75 Å². The maximum absolute atomic E-state index is 13.4. The van der Waals surface area contributed by atoms with E-state index in [2.05, 4.69) is 129 Å². The van der Waals surface area contributed by atoms with Crippen LogP contribution in [-0.4, -0.2) is 99.9 Å². The number of imidazole rings is 3. The standard InChI is InChI=1S/C54H61N11O4/c1-31(2)43(61-54(67)68-5)29-62-20-6-8-45(62)50-57-26-41(59-50)35-16-19-44-38(22-35)23-47-40-18-15-36(42-27-58-51(60-42)46-9-7-21-64(46)52(66)49(55)32(3)4)24-48(40)69-53(65(44)47)34-12-10-33(11-13-34)37-14-17-39-25-56-30-63(39)28-37/h10-19,22-28,30-32,43,45-46,49,53-54,61,67H,6-9,20-21,29,55H2,1-5H3,(H,57,59)(H,58,60). The van der Waals surface area contributed by atoms with Gasteiger partial charge in [0.1, 0.15) is 17.4 Å². The number of rotatable bonds is 14. The van der Waals surface area contributed by atoms with E-state index in [0.29, 0.717) is 12.5 Å². The first-order valence-electron chi connectivity index (χ1n) is 24.4. The van der Waals surface area contributed by atoms with Crippen molar-refractivity contribution < 1.29 is 19.4 Å². The van der Waals surface area contributed by atoms with Crippen LogP contribution in [0.1, 0.15) is 88.9 Å². The second kappa shape index (κ2) is 18.4. The highest BCUT2D eigenvalue weighted by molar-refractivity contribution is 5.92. The van der Waals surface area contributed by atoms with Crippen molar-refractivity contribution in [3.63, 3.8) is 0 Å². The number of fused-ring (bicyclic) bond motifs is 6. The van der Waals surface area contributed by atoms with E-state index in [1.165, 1.54) is 7.11 Å². The van der Waals surface area contributed by atoms with Gasteiger partial charge in [0.15, 0.2) is 0 Å². The van der Waals surface area contributed by atoms with E-state index in [0.717, 1.165) is 123 Å². The van der Waals surface area contributed by atoms with Gasteiger partial charge in [0.2, 0.25) is 18.5 Å². The zero-order valence-electron chi connectivity index (χ0n) is 39.8. The quantitative estimate of drug-likeness (QED) is 0.0663. The van der Waals surface area contributed by atoms with Gasteiger partial charge >= 0.3 is 0 Å². The fourth-order valence-electron chi connectivity index (χ4n) is 10.6. The number of pyridine rings is 1. The number of aliphatic hydroxyl groups excluding tert-OH is 1. The van der Waals surface area contributed by atoms with Gasteiger partial charge in [0.05, 0.1) is 71.2 Å². The van der Waals surface area contributed by atoms with Gasteiger partial charge in [-0.15, -0.1) is 0 Å². The van der Waals surface area contributed by atoms with E-state index in [1.807, 2.05) is 48.1 Å². The third-order valence-corrected chi connectivity index (χ3v) is 14.7. The lowest BCUT2D eigenvalue weighted by atomic mass is 10.0. The zero-order valence-corrected chi connectivity index (χ0v) is 39.8. The number of methoxy groups -OCH3 is 1. The van der Waals surface area contributed by atoms with Gasteiger partial charge in [-0.1, -0.05) is 70.2 Å². The highest BCUT2D eigenvalue weighted by atomic mass is 16.6. The van der Waals surface area contributed by atoms with Crippen LogP contribution in [0.4, 0.5) is 0 Å². The molecule has 6 atom stereocenters. The van der Waals surface area contributed by atoms with Gasteiger partial charge in [-0.3, -0.25) is 15.0 Å². The highest BCUT2D eigenvalue weighted by Crippen LogP contribution is 2.46. The molecule has 356 valence electrons. The largest absolute Gasteiger partial charge is 0.465 e. The first-order chi connectivity index (χ1) is 33.5. The van der Waals surface area contributed by atoms with Crippen molar-refractivity contribution in [3.8, 4) is 50.6 Å². The molecular formula is C54H61N11O4. The highest BCUT2D eigenvalue weighted by Gasteiger charge is 2.36. The van der Waals surface area contributed by atoms with Crippen LogP contribution in [0.2, 0.25) is 0 Å². The minimum Gasteiger partial charge on any atom is -0.465 e. The summed E-state index contributed by atoms with van der Waals surface area (Å²) in [5.41, 5.74) is 17.5. The second-order valence-corrected chi connectivity index (χ2v) is 19.7. The van der Waals surface area contributed by atoms with Crippen molar-refractivity contribution >= 4 is 22.3 Å². The van der Waals surface area contributed by atoms with Crippen molar-refractivity contribution in [1.29, 1.82) is 0 Å². The lowest BCUT2D eigenvalue weighted by molar-refractivity contribution is -0.134. The van der Waals surface area contributed by atoms with Gasteiger partial charge in [0, 0.05) is 60.1 Å². The van der Waals surface area contributed by atoms with Crippen molar-refractivity contribution in [2.75, 3.05) is 26.7 Å². The molecule has 8 aromatic rings. The molecule has 15 nitrogen and oxygen atoms in total. The maximum atomic E-state index is 13.4. The molecule has 3 aromatic carbocycles. The molecule has 5 aromatic heterocycles. The third-order valence-electron chi connectivity index (χ3n) is 14.7. The number of amides is 1. The predicted molar refractivity (Wildman–Crippen MR) is 267 cm³/mol. The predicted octanol–water partition coefficient (Wildman–Crippen LogP) is 8.66. The van der Waals surface area contributed by atoms with E-state index in [-0.39, 0.29) is 30.0 Å². The van der Waals surface area contributed by atoms with Crippen molar-refractivity contribution in [2.24, 2.45) is 17.6 Å². The number of hydrogen-bond acceptors (Lipinski definition) is 10. The number of likely N-dealkylation sites (tertiary alicyclic amines) is 2. The Kier molecular flexibility index (Phi) is 11.9. The Morgan fingerprint density at radius 1 is 0.841 bits per heavy atom. The molecule has 11 rings (SSSR count). The summed E-state index contributed by atoms with van der Waals surface area (Å²) in [6.45, 7) is 10.7. The van der Waals surface area contributed by atoms with Crippen LogP contribution in [0.15, 0.2) is 110 Å². The molecule has 3 aliphatic heterocycles. The first-order valence-corrected chi connectivity index (χ1v) is 24.4. The fourth-order valence-corrected chi connectivity index (χ4v) is 10.6. The van der Waals surface area contributed by atoms with Crippen LogP contribution >= 0.6 is 0 Å². The molecule has 2 fully saturated rings. The SMILES string of the molecule is COC(O)NC(CN1CCCC1c1ncc(-c2ccc3c(c2)cc2n3C(c3ccc(-c4ccc5cncn5c4)cc3)Oc3cc(-c4cnc(C5CCCN5C(=O)C(N)C(C)C)[nH]4)ccc3-2)[nH]1)C(C)C. The summed E-state index contributed by atoms with van der Waals surface area (Å²) < 4.78 is 16.6. The van der Waals surface area contributed by atoms with E-state index in [4.69, 9.17) is 25.2 Å². The molecule has 15 heteroatoms. The van der Waals surface area contributed by atoms with E-state index in [9.17, 15) is 9.90 Å². The molecule has 2 saturated heterocycles. The molecular weight excluding hydrogens is 867 g/mol. The molecule has 0 aliphatic carbocycles. The summed E-state index contributed by atoms with van der Waals surface area (Å²) in [5, 5.41) is 14.5. The van der Waals surface area contributed by atoms with Crippen molar-refractivity contribution in [2.45, 2.75) is 90.2 Å². The number of nitrogens with one attached hydrogen (secondary N) is 3. The Morgan fingerprint density at radius 3 is 2.29 bits per heavy atom. The Bertz CT molecular complexity index is 3130. The molecule has 0 radical (unpaired) electrons.